The minimum atomic E-state index is -5.02. The van der Waals surface area contributed by atoms with Gasteiger partial charge in [0.1, 0.15) is 6.04 Å². The van der Waals surface area contributed by atoms with Gasteiger partial charge >= 0.3 is 12.1 Å². The fraction of sp³-hybridized carbons (Fsp3) is 0.483. The number of hydrogen-bond acceptors (Lipinski definition) is 4. The quantitative estimate of drug-likeness (QED) is 0.454. The van der Waals surface area contributed by atoms with Gasteiger partial charge in [-0.05, 0) is 51.3 Å². The first-order valence-corrected chi connectivity index (χ1v) is 13.2. The fourth-order valence-corrected chi connectivity index (χ4v) is 4.72. The molecule has 2 aromatic carbocycles. The molecule has 7 nitrogen and oxygen atoms in total. The molecule has 0 saturated carbocycles. The lowest BCUT2D eigenvalue weighted by molar-refractivity contribution is -0.186. The first kappa shape index (κ1) is 30.1. The van der Waals surface area contributed by atoms with Crippen LogP contribution in [0, 0.1) is 6.92 Å². The lowest BCUT2D eigenvalue weighted by Gasteiger charge is -2.33. The average molecular weight is 547 g/mol. The zero-order valence-electron chi connectivity index (χ0n) is 22.6. The summed E-state index contributed by atoms with van der Waals surface area (Å²) in [4.78, 5) is 41.1. The van der Waals surface area contributed by atoms with Crippen LogP contribution in [0.1, 0.15) is 36.5 Å². The first-order chi connectivity index (χ1) is 18.5. The van der Waals surface area contributed by atoms with Crippen molar-refractivity contribution in [2.75, 3.05) is 26.7 Å². The van der Waals surface area contributed by atoms with E-state index in [-0.39, 0.29) is 37.7 Å². The summed E-state index contributed by atoms with van der Waals surface area (Å²) in [5.41, 5.74) is 2.72. The Morgan fingerprint density at radius 1 is 1.05 bits per heavy atom. The number of nitrogens with zero attached hydrogens (tertiary/aromatic N) is 2. The molecule has 212 valence electrons. The number of likely N-dealkylation sites (N-methyl/N-ethyl adjacent to an activating group) is 1. The van der Waals surface area contributed by atoms with Gasteiger partial charge in [0.25, 0.3) is 0 Å². The normalized spacial score (nSPS) is 17.0. The summed E-state index contributed by atoms with van der Waals surface area (Å²) < 4.78 is 40.4. The van der Waals surface area contributed by atoms with E-state index in [1.54, 1.807) is 38.2 Å². The molecule has 2 aromatic rings. The molecule has 0 bridgehead atoms. The summed E-state index contributed by atoms with van der Waals surface area (Å²) in [5, 5.41) is 5.67. The number of alkyl halides is 3. The monoisotopic (exact) mass is 546 g/mol. The highest BCUT2D eigenvalue weighted by molar-refractivity contribution is 5.90. The second kappa shape index (κ2) is 13.6. The lowest BCUT2D eigenvalue weighted by atomic mass is 10.0. The number of rotatable bonds is 11. The van der Waals surface area contributed by atoms with E-state index in [1.165, 1.54) is 4.90 Å². The minimum absolute atomic E-state index is 0.121. The van der Waals surface area contributed by atoms with Crippen LogP contribution in [0.15, 0.2) is 54.6 Å². The van der Waals surface area contributed by atoms with E-state index in [1.807, 2.05) is 37.3 Å². The maximum absolute atomic E-state index is 13.8. The summed E-state index contributed by atoms with van der Waals surface area (Å²) >= 11 is 0. The number of carbonyl (C=O) groups is 3. The third-order valence-corrected chi connectivity index (χ3v) is 7.14. The van der Waals surface area contributed by atoms with Crippen molar-refractivity contribution in [2.24, 2.45) is 0 Å². The Labute approximate surface area is 227 Å². The number of benzene rings is 2. The number of likely N-dealkylation sites (tertiary alicyclic amines) is 1. The molecule has 1 saturated heterocycles. The minimum Gasteiger partial charge on any atom is -0.343 e. The van der Waals surface area contributed by atoms with Gasteiger partial charge in [0.05, 0.1) is 6.04 Å². The molecule has 1 heterocycles. The number of hydrogen-bond donors (Lipinski definition) is 2. The van der Waals surface area contributed by atoms with Gasteiger partial charge in [-0.3, -0.25) is 14.4 Å². The largest absolute Gasteiger partial charge is 0.471 e. The molecule has 0 aliphatic carbocycles. The highest BCUT2D eigenvalue weighted by atomic mass is 19.4. The Morgan fingerprint density at radius 2 is 1.72 bits per heavy atom. The molecule has 0 aromatic heterocycles. The molecule has 2 N–H and O–H groups in total. The van der Waals surface area contributed by atoms with Crippen LogP contribution >= 0.6 is 0 Å². The Morgan fingerprint density at radius 3 is 2.33 bits per heavy atom. The smallest absolute Gasteiger partial charge is 0.343 e. The predicted molar refractivity (Wildman–Crippen MR) is 143 cm³/mol. The predicted octanol–water partition coefficient (Wildman–Crippen LogP) is 3.25. The van der Waals surface area contributed by atoms with Gasteiger partial charge in [-0.1, -0.05) is 60.2 Å². The summed E-state index contributed by atoms with van der Waals surface area (Å²) in [5.74, 6) is -2.63. The Bertz CT molecular complexity index is 1110. The molecule has 1 fully saturated rings. The molecule has 0 unspecified atom stereocenters. The van der Waals surface area contributed by atoms with Crippen LogP contribution in [0.3, 0.4) is 0 Å². The second-order valence-corrected chi connectivity index (χ2v) is 10.1. The van der Waals surface area contributed by atoms with Crippen LogP contribution in [0.4, 0.5) is 13.2 Å². The van der Waals surface area contributed by atoms with Crippen molar-refractivity contribution >= 4 is 17.7 Å². The highest BCUT2D eigenvalue weighted by Crippen LogP contribution is 2.24. The van der Waals surface area contributed by atoms with Crippen LogP contribution in [-0.4, -0.2) is 78.5 Å². The maximum atomic E-state index is 13.8. The van der Waals surface area contributed by atoms with E-state index in [0.717, 1.165) is 21.6 Å². The highest BCUT2D eigenvalue weighted by Gasteiger charge is 2.44. The van der Waals surface area contributed by atoms with Gasteiger partial charge in [0, 0.05) is 32.1 Å². The first-order valence-electron chi connectivity index (χ1n) is 13.2. The van der Waals surface area contributed by atoms with Crippen LogP contribution < -0.4 is 10.6 Å². The number of amides is 3. The van der Waals surface area contributed by atoms with Gasteiger partial charge in [-0.15, -0.1) is 0 Å². The summed E-state index contributed by atoms with van der Waals surface area (Å²) in [6.45, 7) is 3.62. The maximum Gasteiger partial charge on any atom is 0.471 e. The van der Waals surface area contributed by atoms with Gasteiger partial charge < -0.3 is 20.4 Å². The summed E-state index contributed by atoms with van der Waals surface area (Å²) in [7, 11) is 1.64. The van der Waals surface area contributed by atoms with E-state index in [4.69, 9.17) is 0 Å². The Balaban J connectivity index is 1.79. The summed E-state index contributed by atoms with van der Waals surface area (Å²) in [6, 6.07) is 14.6. The van der Waals surface area contributed by atoms with Crippen LogP contribution in [-0.2, 0) is 27.2 Å². The van der Waals surface area contributed by atoms with Crippen LogP contribution in [0.2, 0.25) is 0 Å². The Kier molecular flexibility index (Phi) is 10.5. The number of nitrogens with one attached hydrogen (secondary N) is 2. The number of halogens is 3. The molecule has 3 atom stereocenters. The molecule has 1 aliphatic rings. The van der Waals surface area contributed by atoms with Crippen molar-refractivity contribution < 1.29 is 27.6 Å². The van der Waals surface area contributed by atoms with Crippen molar-refractivity contribution in [1.29, 1.82) is 0 Å². The second-order valence-electron chi connectivity index (χ2n) is 10.1. The average Bonchev–Trinajstić information content (AvgIpc) is 3.38. The fourth-order valence-electron chi connectivity index (χ4n) is 4.72. The number of aryl methyl sites for hydroxylation is 1. The summed E-state index contributed by atoms with van der Waals surface area (Å²) in [6.07, 6.45) is -3.45. The van der Waals surface area contributed by atoms with Crippen molar-refractivity contribution in [3.63, 3.8) is 0 Å². The molecule has 3 rings (SSSR count). The molecule has 10 heteroatoms. The van der Waals surface area contributed by atoms with E-state index < -0.39 is 30.2 Å². The van der Waals surface area contributed by atoms with Gasteiger partial charge in [-0.2, -0.15) is 13.2 Å². The van der Waals surface area contributed by atoms with E-state index in [9.17, 15) is 27.6 Å². The van der Waals surface area contributed by atoms with E-state index >= 15 is 0 Å². The van der Waals surface area contributed by atoms with E-state index in [0.29, 0.717) is 19.4 Å². The topological polar surface area (TPSA) is 81.8 Å². The van der Waals surface area contributed by atoms with Crippen molar-refractivity contribution in [3.8, 4) is 0 Å². The Hall–Kier alpha value is -3.40. The lowest BCUT2D eigenvalue weighted by Crippen LogP contribution is -2.56. The zero-order chi connectivity index (χ0) is 28.6. The molecule has 3 amide bonds. The van der Waals surface area contributed by atoms with Crippen molar-refractivity contribution in [1.82, 2.24) is 20.4 Å². The molecule has 1 aliphatic heterocycles. The molecular weight excluding hydrogens is 509 g/mol. The van der Waals surface area contributed by atoms with Gasteiger partial charge in [0.15, 0.2) is 0 Å². The standard InChI is InChI=1S/C29H37F3N4O3/c1-20-11-13-23(14-12-20)18-25(34-26(37)21(2)33-3)27(38)36-16-7-10-24(36)19-35(28(39)29(30,31)32)17-15-22-8-5-4-6-9-22/h4-6,8-9,11-14,21,24-25,33H,7,10,15-19H2,1-3H3,(H,34,37)/t21-,24-,25-/m0/s1. The van der Waals surface area contributed by atoms with Crippen molar-refractivity contribution in [3.05, 3.63) is 71.3 Å². The molecule has 0 spiro atoms. The van der Waals surface area contributed by atoms with Crippen LogP contribution in [0.25, 0.3) is 0 Å². The number of carbonyl (C=O) groups excluding carboxylic acids is 3. The van der Waals surface area contributed by atoms with E-state index in [2.05, 4.69) is 10.6 Å². The molecular formula is C29H37F3N4O3. The van der Waals surface area contributed by atoms with Gasteiger partial charge in [0.2, 0.25) is 11.8 Å². The SMILES string of the molecule is CN[C@@H](C)C(=O)N[C@@H](Cc1ccc(C)cc1)C(=O)N1CCC[C@H]1CN(CCc1ccccc1)C(=O)C(F)(F)F. The third kappa shape index (κ3) is 8.54. The molecule has 39 heavy (non-hydrogen) atoms. The zero-order valence-corrected chi connectivity index (χ0v) is 22.6. The third-order valence-electron chi connectivity index (χ3n) is 7.14. The van der Waals surface area contributed by atoms with Gasteiger partial charge in [-0.25, -0.2) is 0 Å². The van der Waals surface area contributed by atoms with Crippen LogP contribution in [0.5, 0.6) is 0 Å². The van der Waals surface area contributed by atoms with Crippen molar-refractivity contribution in [2.45, 2.75) is 63.8 Å². The molecule has 0 radical (unpaired) electrons.